The van der Waals surface area contributed by atoms with E-state index in [0.717, 1.165) is 25.0 Å². The molecule has 1 fully saturated rings. The zero-order chi connectivity index (χ0) is 16.1. The van der Waals surface area contributed by atoms with Crippen LogP contribution in [0.1, 0.15) is 48.5 Å². The van der Waals surface area contributed by atoms with E-state index in [2.05, 4.69) is 0 Å². The maximum atomic E-state index is 12.7. The van der Waals surface area contributed by atoms with Crippen molar-refractivity contribution in [1.29, 1.82) is 0 Å². The number of rotatable bonds is 6. The molecule has 0 spiro atoms. The molecule has 0 aromatic heterocycles. The number of aliphatic carboxylic acids is 1. The first-order chi connectivity index (χ1) is 10.5. The highest BCUT2D eigenvalue weighted by Gasteiger charge is 2.24. The Bertz CT molecular complexity index is 537. The van der Waals surface area contributed by atoms with Gasteiger partial charge in [-0.3, -0.25) is 9.59 Å². The molecule has 0 saturated carbocycles. The van der Waals surface area contributed by atoms with Gasteiger partial charge in [-0.1, -0.05) is 19.1 Å². The molecule has 1 N–H and O–H groups in total. The molecule has 5 nitrogen and oxygen atoms in total. The van der Waals surface area contributed by atoms with Crippen LogP contribution in [0.5, 0.6) is 0 Å². The molecule has 1 heterocycles. The molecule has 0 bridgehead atoms. The fourth-order valence-corrected chi connectivity index (χ4v) is 2.68. The van der Waals surface area contributed by atoms with Crippen LogP contribution in [-0.4, -0.2) is 47.7 Å². The predicted octanol–water partition coefficient (Wildman–Crippen LogP) is 2.52. The molecule has 1 aliphatic heterocycles. The van der Waals surface area contributed by atoms with Crippen LogP contribution in [0.2, 0.25) is 0 Å². The largest absolute Gasteiger partial charge is 0.480 e. The van der Waals surface area contributed by atoms with Crippen molar-refractivity contribution >= 4 is 11.9 Å². The van der Waals surface area contributed by atoms with Crippen molar-refractivity contribution in [2.45, 2.75) is 38.6 Å². The van der Waals surface area contributed by atoms with E-state index in [1.165, 1.54) is 4.90 Å². The summed E-state index contributed by atoms with van der Waals surface area (Å²) in [7, 11) is 0. The summed E-state index contributed by atoms with van der Waals surface area (Å²) < 4.78 is 5.39. The smallest absolute Gasteiger partial charge is 0.323 e. The summed E-state index contributed by atoms with van der Waals surface area (Å²) in [6.07, 6.45) is 1.68. The molecule has 0 aliphatic carbocycles. The third-order valence-corrected chi connectivity index (χ3v) is 4.22. The van der Waals surface area contributed by atoms with Crippen molar-refractivity contribution in [2.75, 3.05) is 19.8 Å². The third kappa shape index (κ3) is 3.85. The first kappa shape index (κ1) is 16.5. The number of hydrogen-bond donors (Lipinski definition) is 1. The molecule has 1 saturated heterocycles. The van der Waals surface area contributed by atoms with Gasteiger partial charge in [-0.05, 0) is 37.5 Å². The third-order valence-electron chi connectivity index (χ3n) is 4.22. The topological polar surface area (TPSA) is 66.8 Å². The minimum atomic E-state index is -0.992. The molecule has 2 atom stereocenters. The second-order valence-corrected chi connectivity index (χ2v) is 5.77. The van der Waals surface area contributed by atoms with E-state index in [0.29, 0.717) is 18.1 Å². The fourth-order valence-electron chi connectivity index (χ4n) is 2.68. The lowest BCUT2D eigenvalue weighted by molar-refractivity contribution is -0.138. The van der Waals surface area contributed by atoms with Gasteiger partial charge < -0.3 is 14.7 Å². The number of carbonyl (C=O) groups excluding carboxylic acids is 1. The van der Waals surface area contributed by atoms with E-state index in [1.807, 2.05) is 32.0 Å². The summed E-state index contributed by atoms with van der Waals surface area (Å²) in [5, 5.41) is 9.04. The fraction of sp³-hybridized carbons (Fsp3) is 0.529. The Balaban J connectivity index is 2.22. The molecule has 1 aliphatic rings. The van der Waals surface area contributed by atoms with Crippen molar-refractivity contribution in [3.8, 4) is 0 Å². The molecular formula is C17H23NO4. The average molecular weight is 305 g/mol. The Hall–Kier alpha value is -1.88. The summed E-state index contributed by atoms with van der Waals surface area (Å²) in [5.74, 6) is -0.893. The van der Waals surface area contributed by atoms with Gasteiger partial charge in [0.15, 0.2) is 0 Å². The number of carbonyl (C=O) groups is 2. The zero-order valence-corrected chi connectivity index (χ0v) is 13.1. The normalized spacial score (nSPS) is 18.9. The summed E-state index contributed by atoms with van der Waals surface area (Å²) in [6.45, 7) is 4.97. The zero-order valence-electron chi connectivity index (χ0n) is 13.1. The van der Waals surface area contributed by atoms with Crippen LogP contribution in [0.4, 0.5) is 0 Å². The lowest BCUT2D eigenvalue weighted by Crippen LogP contribution is -2.41. The number of carboxylic acid groups (broad SMARTS) is 1. The van der Waals surface area contributed by atoms with Crippen LogP contribution in [0.3, 0.4) is 0 Å². The van der Waals surface area contributed by atoms with E-state index in [-0.39, 0.29) is 18.5 Å². The number of carboxylic acids is 1. The lowest BCUT2D eigenvalue weighted by atomic mass is 9.96. The lowest BCUT2D eigenvalue weighted by Gasteiger charge is -2.27. The van der Waals surface area contributed by atoms with Gasteiger partial charge in [0.25, 0.3) is 5.91 Å². The van der Waals surface area contributed by atoms with Crippen molar-refractivity contribution in [3.05, 3.63) is 35.4 Å². The summed E-state index contributed by atoms with van der Waals surface area (Å²) in [4.78, 5) is 25.1. The highest BCUT2D eigenvalue weighted by molar-refractivity contribution is 5.96. The molecule has 120 valence electrons. The SMILES string of the molecule is CCC(C)N(CC(=O)O)C(=O)c1cccc(C2CCOC2)c1. The van der Waals surface area contributed by atoms with Gasteiger partial charge in [0.2, 0.25) is 0 Å². The average Bonchev–Trinajstić information content (AvgIpc) is 3.05. The maximum Gasteiger partial charge on any atom is 0.323 e. The van der Waals surface area contributed by atoms with Crippen LogP contribution in [-0.2, 0) is 9.53 Å². The molecular weight excluding hydrogens is 282 g/mol. The number of ether oxygens (including phenoxy) is 1. The van der Waals surface area contributed by atoms with E-state index in [9.17, 15) is 9.59 Å². The molecule has 0 radical (unpaired) electrons. The highest BCUT2D eigenvalue weighted by Crippen LogP contribution is 2.26. The number of hydrogen-bond acceptors (Lipinski definition) is 3. The monoisotopic (exact) mass is 305 g/mol. The molecule has 1 aromatic carbocycles. The van der Waals surface area contributed by atoms with Gasteiger partial charge >= 0.3 is 5.97 Å². The number of amides is 1. The molecule has 2 rings (SSSR count). The van der Waals surface area contributed by atoms with Crippen molar-refractivity contribution in [2.24, 2.45) is 0 Å². The Morgan fingerprint density at radius 1 is 1.45 bits per heavy atom. The van der Waals surface area contributed by atoms with Gasteiger partial charge in [-0.2, -0.15) is 0 Å². The minimum absolute atomic E-state index is 0.109. The Morgan fingerprint density at radius 2 is 2.23 bits per heavy atom. The Morgan fingerprint density at radius 3 is 2.82 bits per heavy atom. The van der Waals surface area contributed by atoms with E-state index in [1.54, 1.807) is 6.07 Å². The van der Waals surface area contributed by atoms with Gasteiger partial charge in [-0.25, -0.2) is 0 Å². The molecule has 2 unspecified atom stereocenters. The van der Waals surface area contributed by atoms with Gasteiger partial charge in [0.1, 0.15) is 6.54 Å². The molecule has 1 aromatic rings. The second kappa shape index (κ2) is 7.40. The Kier molecular flexibility index (Phi) is 5.55. The van der Waals surface area contributed by atoms with Crippen molar-refractivity contribution < 1.29 is 19.4 Å². The first-order valence-corrected chi connectivity index (χ1v) is 7.73. The number of nitrogens with zero attached hydrogens (tertiary/aromatic N) is 1. The predicted molar refractivity (Wildman–Crippen MR) is 83.0 cm³/mol. The summed E-state index contributed by atoms with van der Waals surface area (Å²) >= 11 is 0. The first-order valence-electron chi connectivity index (χ1n) is 7.73. The van der Waals surface area contributed by atoms with Crippen molar-refractivity contribution in [1.82, 2.24) is 4.90 Å². The van der Waals surface area contributed by atoms with Crippen LogP contribution in [0, 0.1) is 0 Å². The molecule has 22 heavy (non-hydrogen) atoms. The molecule has 5 heteroatoms. The maximum absolute atomic E-state index is 12.7. The van der Waals surface area contributed by atoms with E-state index < -0.39 is 5.97 Å². The quantitative estimate of drug-likeness (QED) is 0.877. The van der Waals surface area contributed by atoms with Crippen LogP contribution in [0.25, 0.3) is 0 Å². The highest BCUT2D eigenvalue weighted by atomic mass is 16.5. The number of benzene rings is 1. The van der Waals surface area contributed by atoms with Crippen LogP contribution < -0.4 is 0 Å². The van der Waals surface area contributed by atoms with E-state index in [4.69, 9.17) is 9.84 Å². The van der Waals surface area contributed by atoms with Gasteiger partial charge in [0.05, 0.1) is 6.61 Å². The molecule has 1 amide bonds. The van der Waals surface area contributed by atoms with Gasteiger partial charge in [-0.15, -0.1) is 0 Å². The summed E-state index contributed by atoms with van der Waals surface area (Å²) in [5.41, 5.74) is 1.63. The minimum Gasteiger partial charge on any atom is -0.480 e. The van der Waals surface area contributed by atoms with Gasteiger partial charge in [0, 0.05) is 24.1 Å². The van der Waals surface area contributed by atoms with Crippen molar-refractivity contribution in [3.63, 3.8) is 0 Å². The second-order valence-electron chi connectivity index (χ2n) is 5.77. The van der Waals surface area contributed by atoms with E-state index >= 15 is 0 Å². The van der Waals surface area contributed by atoms with Crippen LogP contribution in [0.15, 0.2) is 24.3 Å². The standard InChI is InChI=1S/C17H23NO4/c1-3-12(2)18(10-16(19)20)17(21)14-6-4-5-13(9-14)15-7-8-22-11-15/h4-6,9,12,15H,3,7-8,10-11H2,1-2H3,(H,19,20). The Labute approximate surface area is 130 Å². The van der Waals surface area contributed by atoms with Crippen LogP contribution >= 0.6 is 0 Å². The summed E-state index contributed by atoms with van der Waals surface area (Å²) in [6, 6.07) is 7.37.